The van der Waals surface area contributed by atoms with E-state index in [0.29, 0.717) is 5.92 Å². The quantitative estimate of drug-likeness (QED) is 0.572. The zero-order valence-electron chi connectivity index (χ0n) is 11.2. The second-order valence-electron chi connectivity index (χ2n) is 3.97. The Bertz CT molecular complexity index is 413. The SMILES string of the molecule is CCC(C1=[C-]CC=C1)c1ccc(OC)cc1.Cl.Cl.[Ti]. The van der Waals surface area contributed by atoms with Gasteiger partial charge < -0.3 is 4.74 Å². The van der Waals surface area contributed by atoms with E-state index in [4.69, 9.17) is 4.74 Å². The van der Waals surface area contributed by atoms with E-state index in [9.17, 15) is 0 Å². The Balaban J connectivity index is 0. The van der Waals surface area contributed by atoms with Gasteiger partial charge in [-0.2, -0.15) is 6.08 Å². The molecule has 0 aromatic heterocycles. The second-order valence-corrected chi connectivity index (χ2v) is 3.97. The summed E-state index contributed by atoms with van der Waals surface area (Å²) in [5.41, 5.74) is 2.67. The fourth-order valence-corrected chi connectivity index (χ4v) is 2.13. The van der Waals surface area contributed by atoms with Crippen LogP contribution in [0.25, 0.3) is 0 Å². The zero-order chi connectivity index (χ0) is 11.4. The van der Waals surface area contributed by atoms with Crippen molar-refractivity contribution >= 4 is 24.8 Å². The van der Waals surface area contributed by atoms with Crippen molar-refractivity contribution in [2.24, 2.45) is 0 Å². The number of rotatable bonds is 4. The van der Waals surface area contributed by atoms with Gasteiger partial charge in [-0.1, -0.05) is 19.1 Å². The Kier molecular flexibility index (Phi) is 11.7. The normalized spacial score (nSPS) is 13.5. The summed E-state index contributed by atoms with van der Waals surface area (Å²) in [4.78, 5) is 0. The van der Waals surface area contributed by atoms with Crippen LogP contribution in [0.1, 0.15) is 31.2 Å². The maximum absolute atomic E-state index is 5.17. The molecule has 0 fully saturated rings. The molecule has 1 aromatic rings. The summed E-state index contributed by atoms with van der Waals surface area (Å²) < 4.78 is 5.17. The van der Waals surface area contributed by atoms with Crippen LogP contribution in [0.5, 0.6) is 5.75 Å². The van der Waals surface area contributed by atoms with Crippen molar-refractivity contribution in [2.45, 2.75) is 25.7 Å². The summed E-state index contributed by atoms with van der Waals surface area (Å²) in [5, 5.41) is 0. The molecule has 0 amide bonds. The average Bonchev–Trinajstić information content (AvgIpc) is 2.85. The predicted molar refractivity (Wildman–Crippen MR) is 81.0 cm³/mol. The fraction of sp³-hybridized carbons (Fsp3) is 0.333. The molecule has 2 rings (SSSR count). The summed E-state index contributed by atoms with van der Waals surface area (Å²) in [6, 6.07) is 8.34. The van der Waals surface area contributed by atoms with Crippen LogP contribution < -0.4 is 4.74 Å². The number of ether oxygens (including phenoxy) is 1. The van der Waals surface area contributed by atoms with Gasteiger partial charge in [0.25, 0.3) is 0 Å². The van der Waals surface area contributed by atoms with Crippen LogP contribution >= 0.6 is 24.8 Å². The van der Waals surface area contributed by atoms with E-state index in [0.717, 1.165) is 18.6 Å². The molecule has 104 valence electrons. The van der Waals surface area contributed by atoms with Gasteiger partial charge in [-0.05, 0) is 30.0 Å². The predicted octanol–water partition coefficient (Wildman–Crippen LogP) is 4.72. The van der Waals surface area contributed by atoms with Crippen molar-refractivity contribution < 1.29 is 26.5 Å². The molecule has 0 heterocycles. The first-order valence-electron chi connectivity index (χ1n) is 5.76. The molecule has 0 saturated heterocycles. The first kappa shape index (κ1) is 21.1. The van der Waals surface area contributed by atoms with Crippen molar-refractivity contribution in [3.05, 3.63) is 53.6 Å². The molecular formula is C15H19Cl2OTi-. The van der Waals surface area contributed by atoms with Crippen LogP contribution in [-0.4, -0.2) is 7.11 Å². The summed E-state index contributed by atoms with van der Waals surface area (Å²) in [5.74, 6) is 1.39. The van der Waals surface area contributed by atoms with E-state index in [1.54, 1.807) is 7.11 Å². The Labute approximate surface area is 143 Å². The molecule has 1 aliphatic carbocycles. The van der Waals surface area contributed by atoms with Gasteiger partial charge in [0.2, 0.25) is 0 Å². The van der Waals surface area contributed by atoms with Gasteiger partial charge >= 0.3 is 0 Å². The largest absolute Gasteiger partial charge is 0.497 e. The second kappa shape index (κ2) is 10.6. The number of benzene rings is 1. The molecule has 1 nitrogen and oxygen atoms in total. The molecule has 1 aromatic carbocycles. The third-order valence-electron chi connectivity index (χ3n) is 3.02. The van der Waals surface area contributed by atoms with Crippen LogP contribution in [0.15, 0.2) is 42.0 Å². The van der Waals surface area contributed by atoms with Crippen LogP contribution in [0.4, 0.5) is 0 Å². The van der Waals surface area contributed by atoms with Gasteiger partial charge in [0.05, 0.1) is 7.11 Å². The first-order valence-corrected chi connectivity index (χ1v) is 5.76. The molecule has 0 N–H and O–H groups in total. The molecule has 1 aliphatic rings. The number of methoxy groups -OCH3 is 1. The van der Waals surface area contributed by atoms with Crippen molar-refractivity contribution in [1.82, 2.24) is 0 Å². The molecule has 4 heteroatoms. The molecule has 0 radical (unpaired) electrons. The van der Waals surface area contributed by atoms with Crippen LogP contribution in [-0.2, 0) is 21.7 Å². The molecule has 0 saturated carbocycles. The van der Waals surface area contributed by atoms with Gasteiger partial charge in [-0.3, -0.25) is 6.08 Å². The Hall–Kier alpha value is -0.206. The maximum Gasteiger partial charge on any atom is 0.118 e. The van der Waals surface area contributed by atoms with Crippen molar-refractivity contribution in [2.75, 3.05) is 7.11 Å². The summed E-state index contributed by atoms with van der Waals surface area (Å²) in [6.45, 7) is 2.22. The molecule has 1 atom stereocenters. The minimum atomic E-state index is 0. The Morgan fingerprint density at radius 2 is 1.84 bits per heavy atom. The molecule has 0 bridgehead atoms. The van der Waals surface area contributed by atoms with E-state index < -0.39 is 0 Å². The van der Waals surface area contributed by atoms with Gasteiger partial charge in [0, 0.05) is 21.7 Å². The minimum Gasteiger partial charge on any atom is -0.497 e. The van der Waals surface area contributed by atoms with E-state index in [1.807, 2.05) is 12.1 Å². The topological polar surface area (TPSA) is 9.23 Å². The standard InChI is InChI=1S/C15H17O.2ClH.Ti/c1-3-15(12-6-4-5-7-12)13-8-10-14(16-2)11-9-13;;;/h4,6,8-11,15H,3,5H2,1-2H3;2*1H;/q-1;;;. The number of allylic oxidation sites excluding steroid dienone is 4. The van der Waals surface area contributed by atoms with Crippen molar-refractivity contribution in [3.63, 3.8) is 0 Å². The monoisotopic (exact) mass is 333 g/mol. The Morgan fingerprint density at radius 1 is 1.21 bits per heavy atom. The molecule has 0 spiro atoms. The van der Waals surface area contributed by atoms with E-state index in [1.165, 1.54) is 11.1 Å². The van der Waals surface area contributed by atoms with Gasteiger partial charge in [0.15, 0.2) is 0 Å². The fourth-order valence-electron chi connectivity index (χ4n) is 2.13. The van der Waals surface area contributed by atoms with Crippen LogP contribution in [0, 0.1) is 6.08 Å². The third-order valence-corrected chi connectivity index (χ3v) is 3.02. The van der Waals surface area contributed by atoms with E-state index in [-0.39, 0.29) is 46.5 Å². The maximum atomic E-state index is 5.17. The zero-order valence-corrected chi connectivity index (χ0v) is 14.4. The Morgan fingerprint density at radius 3 is 2.26 bits per heavy atom. The molecule has 1 unspecified atom stereocenters. The van der Waals surface area contributed by atoms with Crippen LogP contribution in [0.2, 0.25) is 0 Å². The smallest absolute Gasteiger partial charge is 0.118 e. The van der Waals surface area contributed by atoms with E-state index >= 15 is 0 Å². The number of halogens is 2. The van der Waals surface area contributed by atoms with Crippen molar-refractivity contribution in [1.29, 1.82) is 0 Å². The van der Waals surface area contributed by atoms with Gasteiger partial charge in [-0.15, -0.1) is 31.2 Å². The summed E-state index contributed by atoms with van der Waals surface area (Å²) in [6.07, 6.45) is 9.84. The summed E-state index contributed by atoms with van der Waals surface area (Å²) >= 11 is 0. The minimum absolute atomic E-state index is 0. The summed E-state index contributed by atoms with van der Waals surface area (Å²) in [7, 11) is 1.70. The van der Waals surface area contributed by atoms with Crippen molar-refractivity contribution in [3.8, 4) is 5.75 Å². The number of hydrogen-bond donors (Lipinski definition) is 0. The molecule has 19 heavy (non-hydrogen) atoms. The first-order chi connectivity index (χ1) is 7.85. The number of hydrogen-bond acceptors (Lipinski definition) is 1. The third kappa shape index (κ3) is 5.35. The van der Waals surface area contributed by atoms with Crippen LogP contribution in [0.3, 0.4) is 0 Å². The van der Waals surface area contributed by atoms with Gasteiger partial charge in [-0.25, -0.2) is 11.6 Å². The molecule has 0 aliphatic heterocycles. The van der Waals surface area contributed by atoms with E-state index in [2.05, 4.69) is 37.3 Å². The van der Waals surface area contributed by atoms with Gasteiger partial charge in [0.1, 0.15) is 5.75 Å². The average molecular weight is 334 g/mol. The molecular weight excluding hydrogens is 315 g/mol.